The quantitative estimate of drug-likeness (QED) is 0.145. The molecule has 0 saturated carbocycles. The number of nitrogens with zero attached hydrogens (tertiary/aromatic N) is 2. The summed E-state index contributed by atoms with van der Waals surface area (Å²) in [6, 6.07) is 16.3. The Hall–Kier alpha value is -4.56. The smallest absolute Gasteiger partial charge is 0.271 e. The van der Waals surface area contributed by atoms with Gasteiger partial charge in [-0.25, -0.2) is 27.5 Å². The number of hydrogen-bond donors (Lipinski definition) is 4. The average molecular weight is 697 g/mol. The summed E-state index contributed by atoms with van der Waals surface area (Å²) in [5, 5.41) is 5.47. The number of H-pyrrole nitrogens is 2. The van der Waals surface area contributed by atoms with Gasteiger partial charge in [0.25, 0.3) is 23.7 Å². The van der Waals surface area contributed by atoms with Crippen LogP contribution in [-0.4, -0.2) is 68.0 Å². The van der Waals surface area contributed by atoms with Gasteiger partial charge >= 0.3 is 0 Å². The maximum atomic E-state index is 13.4. The zero-order chi connectivity index (χ0) is 35.6. The molecule has 2 atom stereocenters. The van der Waals surface area contributed by atoms with E-state index in [1.807, 2.05) is 24.3 Å². The molecule has 10 nitrogen and oxygen atoms in total. The maximum absolute atomic E-state index is 13.4. The fourth-order valence-corrected chi connectivity index (χ4v) is 5.91. The summed E-state index contributed by atoms with van der Waals surface area (Å²) < 4.78 is 64.1. The highest BCUT2D eigenvalue weighted by molar-refractivity contribution is 5.85. The first-order valence-corrected chi connectivity index (χ1v) is 16.6. The number of amides is 2. The Morgan fingerprint density at radius 1 is 0.660 bits per heavy atom. The molecule has 14 heteroatoms. The molecule has 2 fully saturated rings. The molecule has 50 heavy (non-hydrogen) atoms. The van der Waals surface area contributed by atoms with Crippen molar-refractivity contribution in [1.29, 1.82) is 0 Å². The van der Waals surface area contributed by atoms with Crippen molar-refractivity contribution in [3.63, 3.8) is 0 Å². The molecule has 266 valence electrons. The van der Waals surface area contributed by atoms with E-state index in [0.29, 0.717) is 11.6 Å². The van der Waals surface area contributed by atoms with E-state index >= 15 is 0 Å². The molecular weight excluding hydrogens is 656 g/mol. The first-order valence-electron chi connectivity index (χ1n) is 16.6. The molecule has 2 amide bonds. The third-order valence-electron chi connectivity index (χ3n) is 9.42. The van der Waals surface area contributed by atoms with Gasteiger partial charge in [0, 0.05) is 12.8 Å². The second kappa shape index (κ2) is 14.0. The van der Waals surface area contributed by atoms with Crippen LogP contribution in [-0.2, 0) is 45.0 Å². The number of carbonyl (C=O) groups is 2. The van der Waals surface area contributed by atoms with Crippen molar-refractivity contribution < 1.29 is 36.6 Å². The summed E-state index contributed by atoms with van der Waals surface area (Å²) in [6.07, 6.45) is 4.15. The van der Waals surface area contributed by atoms with Gasteiger partial charge in [-0.2, -0.15) is 0 Å². The molecule has 6 rings (SSSR count). The van der Waals surface area contributed by atoms with Crippen molar-refractivity contribution >= 4 is 11.8 Å². The number of benzene rings is 2. The van der Waals surface area contributed by atoms with Gasteiger partial charge in [0.2, 0.25) is 0 Å². The Morgan fingerprint density at radius 2 is 1.04 bits per heavy atom. The Kier molecular flexibility index (Phi) is 9.86. The van der Waals surface area contributed by atoms with Crippen LogP contribution in [0.15, 0.2) is 60.9 Å². The molecule has 2 aromatic carbocycles. The van der Waals surface area contributed by atoms with Crippen molar-refractivity contribution in [3.8, 4) is 22.5 Å². The summed E-state index contributed by atoms with van der Waals surface area (Å²) in [4.78, 5) is 40.3. The lowest BCUT2D eigenvalue weighted by molar-refractivity contribution is -0.189. The number of aromatic nitrogens is 4. The molecule has 1 unspecified atom stereocenters. The molecule has 0 radical (unpaired) electrons. The molecule has 0 aliphatic carbocycles. The molecule has 0 bridgehead atoms. The van der Waals surface area contributed by atoms with E-state index in [-0.39, 0.29) is 25.9 Å². The number of halogens is 4. The molecule has 2 aliphatic heterocycles. The van der Waals surface area contributed by atoms with Crippen molar-refractivity contribution in [2.45, 2.75) is 88.5 Å². The van der Waals surface area contributed by atoms with E-state index in [4.69, 9.17) is 9.47 Å². The number of carbonyl (C=O) groups excluding carboxylic acids is 2. The second-order valence-electron chi connectivity index (χ2n) is 13.5. The highest BCUT2D eigenvalue weighted by Gasteiger charge is 2.47. The summed E-state index contributed by atoms with van der Waals surface area (Å²) in [6.45, 7) is 1.76. The van der Waals surface area contributed by atoms with Crippen LogP contribution in [0.25, 0.3) is 22.5 Å². The average Bonchev–Trinajstić information content (AvgIpc) is 3.79. The lowest BCUT2D eigenvalue weighted by Crippen LogP contribution is -2.52. The van der Waals surface area contributed by atoms with Crippen LogP contribution in [0, 0.1) is 0 Å². The van der Waals surface area contributed by atoms with Crippen LogP contribution in [0.1, 0.15) is 62.3 Å². The van der Waals surface area contributed by atoms with E-state index in [0.717, 1.165) is 46.5 Å². The monoisotopic (exact) mass is 696 g/mol. The summed E-state index contributed by atoms with van der Waals surface area (Å²) in [7, 11) is 0. The molecule has 4 heterocycles. The number of aromatic amines is 2. The molecular formula is C36H40F4N6O4. The highest BCUT2D eigenvalue weighted by Crippen LogP contribution is 2.35. The Bertz CT molecular complexity index is 1650. The second-order valence-corrected chi connectivity index (χ2v) is 13.5. The normalized spacial score (nSPS) is 22.9. The third kappa shape index (κ3) is 8.41. The van der Waals surface area contributed by atoms with Crippen LogP contribution in [0.4, 0.5) is 17.6 Å². The first kappa shape index (κ1) is 35.3. The van der Waals surface area contributed by atoms with Gasteiger partial charge < -0.3 is 30.1 Å². The standard InChI is InChI=1S/C36H40F4N6O4/c1-33(13-15-35(37,38)21-49-33)31(47)43-19-29-41-17-27(45-29)25-9-5-23(6-10-25)3-4-24-7-11-26(12-8-24)28-18-42-30(46-28)20-44-32(48)34(2)14-16-36(39,40)22-50-34/h5-12,17-18H,3-4,13-16,19-22H2,1-2H3,(H,41,45)(H,42,46)(H,43,47)(H,44,48)/t33-,34?/m1/s1. The predicted molar refractivity (Wildman–Crippen MR) is 176 cm³/mol. The van der Waals surface area contributed by atoms with Crippen LogP contribution in [0.3, 0.4) is 0 Å². The van der Waals surface area contributed by atoms with Crippen LogP contribution in [0.5, 0.6) is 0 Å². The van der Waals surface area contributed by atoms with Crippen molar-refractivity contribution in [2.75, 3.05) is 13.2 Å². The Morgan fingerprint density at radius 3 is 1.38 bits per heavy atom. The van der Waals surface area contributed by atoms with Gasteiger partial charge in [-0.3, -0.25) is 9.59 Å². The first-order chi connectivity index (χ1) is 23.7. The van der Waals surface area contributed by atoms with Crippen molar-refractivity contribution in [1.82, 2.24) is 30.6 Å². The SMILES string of the molecule is CC1(C(=O)NCc2ncc(-c3ccc(CCc4ccc(-c5cnc(CNC(=O)[C@@]6(C)CCC(F)(F)CO6)[nH]5)cc4)cc3)[nH]2)CCC(F)(F)CO1. The molecule has 2 aliphatic rings. The van der Waals surface area contributed by atoms with E-state index in [1.54, 1.807) is 12.4 Å². The minimum Gasteiger partial charge on any atom is -0.359 e. The summed E-state index contributed by atoms with van der Waals surface area (Å²) in [5.74, 6) is -5.62. The lowest BCUT2D eigenvalue weighted by Gasteiger charge is -2.35. The van der Waals surface area contributed by atoms with Gasteiger partial charge in [-0.15, -0.1) is 0 Å². The van der Waals surface area contributed by atoms with Crippen molar-refractivity contribution in [2.24, 2.45) is 0 Å². The number of nitrogens with one attached hydrogen (secondary N) is 4. The topological polar surface area (TPSA) is 134 Å². The Labute approximate surface area is 286 Å². The third-order valence-corrected chi connectivity index (χ3v) is 9.42. The number of alkyl halides is 4. The van der Waals surface area contributed by atoms with E-state index < -0.39 is 60.9 Å². The zero-order valence-electron chi connectivity index (χ0n) is 27.9. The van der Waals surface area contributed by atoms with E-state index in [2.05, 4.69) is 54.8 Å². The number of imidazole rings is 2. The molecule has 4 N–H and O–H groups in total. The molecule has 4 aromatic rings. The van der Waals surface area contributed by atoms with Crippen LogP contribution >= 0.6 is 0 Å². The van der Waals surface area contributed by atoms with Gasteiger partial charge in [0.05, 0.1) is 36.9 Å². The van der Waals surface area contributed by atoms with E-state index in [1.165, 1.54) is 13.8 Å². The number of rotatable bonds is 11. The molecule has 2 saturated heterocycles. The minimum atomic E-state index is -2.91. The fourth-order valence-electron chi connectivity index (χ4n) is 5.91. The molecule has 0 spiro atoms. The van der Waals surface area contributed by atoms with Crippen molar-refractivity contribution in [3.05, 3.63) is 83.7 Å². The minimum absolute atomic E-state index is 0.0583. The number of hydrogen-bond acceptors (Lipinski definition) is 6. The van der Waals surface area contributed by atoms with Crippen LogP contribution in [0.2, 0.25) is 0 Å². The zero-order valence-corrected chi connectivity index (χ0v) is 27.9. The fraction of sp³-hybridized carbons (Fsp3) is 0.444. The molecule has 2 aromatic heterocycles. The van der Waals surface area contributed by atoms with Gasteiger partial charge in [0.15, 0.2) is 0 Å². The lowest BCUT2D eigenvalue weighted by atomic mass is 9.93. The van der Waals surface area contributed by atoms with Crippen LogP contribution < -0.4 is 10.6 Å². The number of aryl methyl sites for hydroxylation is 2. The maximum Gasteiger partial charge on any atom is 0.271 e. The van der Waals surface area contributed by atoms with E-state index in [9.17, 15) is 27.2 Å². The number of ether oxygens (including phenoxy) is 2. The Balaban J connectivity index is 0.949. The summed E-state index contributed by atoms with van der Waals surface area (Å²) in [5.41, 5.74) is 3.21. The largest absolute Gasteiger partial charge is 0.359 e. The predicted octanol–water partition coefficient (Wildman–Crippen LogP) is 5.89. The summed E-state index contributed by atoms with van der Waals surface area (Å²) >= 11 is 0. The highest BCUT2D eigenvalue weighted by atomic mass is 19.3. The van der Waals surface area contributed by atoms with Gasteiger partial charge in [0.1, 0.15) is 36.1 Å². The van der Waals surface area contributed by atoms with Gasteiger partial charge in [-0.05, 0) is 61.8 Å². The van der Waals surface area contributed by atoms with Gasteiger partial charge in [-0.1, -0.05) is 48.5 Å².